The van der Waals surface area contributed by atoms with E-state index in [0.29, 0.717) is 17.9 Å². The molecule has 1 atom stereocenters. The molecular weight excluding hydrogens is 292 g/mol. The van der Waals surface area contributed by atoms with Crippen molar-refractivity contribution in [1.82, 2.24) is 9.80 Å². The van der Waals surface area contributed by atoms with E-state index in [1.165, 1.54) is 0 Å². The lowest BCUT2D eigenvalue weighted by Gasteiger charge is -2.35. The van der Waals surface area contributed by atoms with Crippen molar-refractivity contribution in [1.29, 1.82) is 0 Å². The first-order valence-corrected chi connectivity index (χ1v) is 8.70. The average Bonchev–Trinajstić information content (AvgIpc) is 2.99. The van der Waals surface area contributed by atoms with Crippen LogP contribution in [-0.4, -0.2) is 47.8 Å². The van der Waals surface area contributed by atoms with Gasteiger partial charge in [-0.15, -0.1) is 0 Å². The highest BCUT2D eigenvalue weighted by Gasteiger charge is 2.31. The summed E-state index contributed by atoms with van der Waals surface area (Å²) in [5.74, 6) is 0.751. The molecule has 2 amide bonds. The van der Waals surface area contributed by atoms with Gasteiger partial charge in [0.15, 0.2) is 0 Å². The second kappa shape index (κ2) is 8.18. The van der Waals surface area contributed by atoms with Crippen molar-refractivity contribution < 1.29 is 14.0 Å². The smallest absolute Gasteiger partial charge is 0.257 e. The summed E-state index contributed by atoms with van der Waals surface area (Å²) in [5.41, 5.74) is 0.608. The Morgan fingerprint density at radius 2 is 2.00 bits per heavy atom. The lowest BCUT2D eigenvalue weighted by molar-refractivity contribution is -0.137. The van der Waals surface area contributed by atoms with Crippen LogP contribution >= 0.6 is 0 Å². The first kappa shape index (κ1) is 17.6. The molecule has 1 saturated heterocycles. The van der Waals surface area contributed by atoms with Gasteiger partial charge in [0, 0.05) is 26.2 Å². The average molecular weight is 320 g/mol. The zero-order chi connectivity index (χ0) is 16.8. The quantitative estimate of drug-likeness (QED) is 0.809. The van der Waals surface area contributed by atoms with Crippen molar-refractivity contribution in [2.24, 2.45) is 5.92 Å². The van der Waals surface area contributed by atoms with Gasteiger partial charge in [-0.1, -0.05) is 13.8 Å². The third kappa shape index (κ3) is 4.15. The number of likely N-dealkylation sites (tertiary alicyclic amines) is 1. The molecule has 0 bridgehead atoms. The summed E-state index contributed by atoms with van der Waals surface area (Å²) >= 11 is 0. The van der Waals surface area contributed by atoms with Crippen molar-refractivity contribution in [2.45, 2.75) is 46.5 Å². The van der Waals surface area contributed by atoms with E-state index < -0.39 is 0 Å². The molecule has 1 fully saturated rings. The number of piperidine rings is 1. The lowest BCUT2D eigenvalue weighted by Crippen LogP contribution is -2.47. The fourth-order valence-corrected chi connectivity index (χ4v) is 3.27. The van der Waals surface area contributed by atoms with E-state index in [4.69, 9.17) is 4.42 Å². The van der Waals surface area contributed by atoms with E-state index in [-0.39, 0.29) is 17.7 Å². The molecule has 0 aromatic carbocycles. The molecule has 23 heavy (non-hydrogen) atoms. The highest BCUT2D eigenvalue weighted by Crippen LogP contribution is 2.22. The third-order valence-corrected chi connectivity index (χ3v) is 4.45. The molecule has 0 saturated carbocycles. The number of rotatable bonds is 6. The Bertz CT molecular complexity index is 532. The van der Waals surface area contributed by atoms with Gasteiger partial charge in [0.25, 0.3) is 5.91 Å². The summed E-state index contributed by atoms with van der Waals surface area (Å²) in [4.78, 5) is 29.1. The minimum absolute atomic E-state index is 0.0220. The minimum atomic E-state index is -0.0713. The highest BCUT2D eigenvalue weighted by atomic mass is 16.3. The van der Waals surface area contributed by atoms with Crippen LogP contribution < -0.4 is 0 Å². The van der Waals surface area contributed by atoms with Crippen LogP contribution in [0.2, 0.25) is 0 Å². The number of amides is 2. The summed E-state index contributed by atoms with van der Waals surface area (Å²) < 4.78 is 5.23. The van der Waals surface area contributed by atoms with E-state index in [0.717, 1.165) is 45.3 Å². The maximum Gasteiger partial charge on any atom is 0.257 e. The first-order chi connectivity index (χ1) is 11.1. The number of hydrogen-bond donors (Lipinski definition) is 0. The van der Waals surface area contributed by atoms with Gasteiger partial charge in [0.05, 0.1) is 17.7 Å². The second-order valence-electron chi connectivity index (χ2n) is 6.31. The van der Waals surface area contributed by atoms with Gasteiger partial charge in [0.2, 0.25) is 5.91 Å². The predicted molar refractivity (Wildman–Crippen MR) is 89.2 cm³/mol. The third-order valence-electron chi connectivity index (χ3n) is 4.45. The minimum Gasteiger partial charge on any atom is -0.469 e. The van der Waals surface area contributed by atoms with Crippen LogP contribution in [0.3, 0.4) is 0 Å². The molecular formula is C18H28N2O3. The maximum atomic E-state index is 12.8. The van der Waals surface area contributed by atoms with Gasteiger partial charge in [-0.2, -0.15) is 0 Å². The van der Waals surface area contributed by atoms with Crippen molar-refractivity contribution in [3.8, 4) is 0 Å². The van der Waals surface area contributed by atoms with Crippen LogP contribution in [-0.2, 0) is 4.79 Å². The molecule has 1 aliphatic rings. The highest BCUT2D eigenvalue weighted by molar-refractivity contribution is 5.95. The topological polar surface area (TPSA) is 53.8 Å². The predicted octanol–water partition coefficient (Wildman–Crippen LogP) is 3.09. The Morgan fingerprint density at radius 3 is 2.57 bits per heavy atom. The molecule has 5 nitrogen and oxygen atoms in total. The van der Waals surface area contributed by atoms with E-state index >= 15 is 0 Å². The van der Waals surface area contributed by atoms with Gasteiger partial charge in [-0.05, 0) is 38.7 Å². The largest absolute Gasteiger partial charge is 0.469 e. The van der Waals surface area contributed by atoms with E-state index in [1.54, 1.807) is 24.2 Å². The normalized spacial score (nSPS) is 18.0. The molecule has 1 unspecified atom stereocenters. The van der Waals surface area contributed by atoms with Crippen LogP contribution in [0.1, 0.15) is 55.6 Å². The molecule has 0 N–H and O–H groups in total. The number of aryl methyl sites for hydroxylation is 1. The SMILES string of the molecule is CCCN(CCC)C(=O)C1CCCN(C(=O)c2ccoc2C)C1. The summed E-state index contributed by atoms with van der Waals surface area (Å²) in [7, 11) is 0. The number of furan rings is 1. The Labute approximate surface area is 138 Å². The second-order valence-corrected chi connectivity index (χ2v) is 6.31. The van der Waals surface area contributed by atoms with Crippen LogP contribution in [0.15, 0.2) is 16.7 Å². The number of hydrogen-bond acceptors (Lipinski definition) is 3. The van der Waals surface area contributed by atoms with Gasteiger partial charge < -0.3 is 14.2 Å². The number of nitrogens with zero attached hydrogens (tertiary/aromatic N) is 2. The van der Waals surface area contributed by atoms with E-state index in [9.17, 15) is 9.59 Å². The molecule has 1 aromatic rings. The lowest BCUT2D eigenvalue weighted by atomic mass is 9.95. The van der Waals surface area contributed by atoms with Gasteiger partial charge in [0.1, 0.15) is 5.76 Å². The molecule has 1 aliphatic heterocycles. The monoisotopic (exact) mass is 320 g/mol. The Balaban J connectivity index is 2.03. The fourth-order valence-electron chi connectivity index (χ4n) is 3.27. The zero-order valence-corrected chi connectivity index (χ0v) is 14.5. The number of carbonyl (C=O) groups is 2. The van der Waals surface area contributed by atoms with Crippen LogP contribution in [0, 0.1) is 12.8 Å². The standard InChI is InChI=1S/C18H28N2O3/c1-4-9-19(10-5-2)17(21)15-7-6-11-20(13-15)18(22)16-8-12-23-14(16)3/h8,12,15H,4-7,9-11,13H2,1-3H3. The van der Waals surface area contributed by atoms with Crippen LogP contribution in [0.25, 0.3) is 0 Å². The first-order valence-electron chi connectivity index (χ1n) is 8.70. The summed E-state index contributed by atoms with van der Waals surface area (Å²) in [5, 5.41) is 0. The fraction of sp³-hybridized carbons (Fsp3) is 0.667. The molecule has 0 aliphatic carbocycles. The van der Waals surface area contributed by atoms with Crippen molar-refractivity contribution in [3.05, 3.63) is 23.7 Å². The summed E-state index contributed by atoms with van der Waals surface area (Å²) in [6.07, 6.45) is 5.23. The van der Waals surface area contributed by atoms with Gasteiger partial charge >= 0.3 is 0 Å². The van der Waals surface area contributed by atoms with Crippen molar-refractivity contribution in [3.63, 3.8) is 0 Å². The maximum absolute atomic E-state index is 12.8. The zero-order valence-electron chi connectivity index (χ0n) is 14.5. The molecule has 5 heteroatoms. The molecule has 128 valence electrons. The van der Waals surface area contributed by atoms with Crippen LogP contribution in [0.5, 0.6) is 0 Å². The molecule has 0 spiro atoms. The van der Waals surface area contributed by atoms with E-state index in [1.807, 2.05) is 4.90 Å². The van der Waals surface area contributed by atoms with Gasteiger partial charge in [-0.3, -0.25) is 9.59 Å². The Morgan fingerprint density at radius 1 is 1.30 bits per heavy atom. The summed E-state index contributed by atoms with van der Waals surface area (Å²) in [6.45, 7) is 8.82. The van der Waals surface area contributed by atoms with Crippen molar-refractivity contribution >= 4 is 11.8 Å². The molecule has 2 heterocycles. The van der Waals surface area contributed by atoms with Crippen LogP contribution in [0.4, 0.5) is 0 Å². The number of carbonyl (C=O) groups excluding carboxylic acids is 2. The van der Waals surface area contributed by atoms with E-state index in [2.05, 4.69) is 13.8 Å². The summed E-state index contributed by atoms with van der Waals surface area (Å²) in [6, 6.07) is 1.71. The Kier molecular flexibility index (Phi) is 6.25. The van der Waals surface area contributed by atoms with Gasteiger partial charge in [-0.25, -0.2) is 0 Å². The van der Waals surface area contributed by atoms with Crippen molar-refractivity contribution in [2.75, 3.05) is 26.2 Å². The molecule has 2 rings (SSSR count). The Hall–Kier alpha value is -1.78. The molecule has 0 radical (unpaired) electrons. The molecule has 1 aromatic heterocycles.